The van der Waals surface area contributed by atoms with Gasteiger partial charge in [-0.2, -0.15) is 0 Å². The standard InChI is InChI=1S/2C8H8O.2C7H8.2C3H8.2CH4/c2*1-7(9)8-5-3-2-4-6-8;2*1-7-5-3-2-4-6-7;2*1-3-2;;/h2*2-6H,1H3;2*2-6H,1H3;2*3H2,1-2H3;2*1H4. The van der Waals surface area contributed by atoms with Crippen molar-refractivity contribution in [1.29, 1.82) is 0 Å². The van der Waals surface area contributed by atoms with E-state index in [-0.39, 0.29) is 26.4 Å². The molecular formula is C38H56O2. The van der Waals surface area contributed by atoms with Gasteiger partial charge in [-0.05, 0) is 27.7 Å². The molecule has 220 valence electrons. The van der Waals surface area contributed by atoms with Gasteiger partial charge in [0.15, 0.2) is 11.6 Å². The highest BCUT2D eigenvalue weighted by Gasteiger charge is 1.93. The normalized spacial score (nSPS) is 8.00. The second-order valence-electron chi connectivity index (χ2n) is 8.57. The molecule has 2 nitrogen and oxygen atoms in total. The molecule has 0 aliphatic rings. The van der Waals surface area contributed by atoms with Crippen molar-refractivity contribution in [2.24, 2.45) is 0 Å². The fourth-order valence-corrected chi connectivity index (χ4v) is 2.41. The smallest absolute Gasteiger partial charge is 0.159 e. The molecule has 0 heterocycles. The lowest BCUT2D eigenvalue weighted by Crippen LogP contribution is -1.88. The Morgan fingerprint density at radius 2 is 0.600 bits per heavy atom. The van der Waals surface area contributed by atoms with Crippen LogP contribution >= 0.6 is 0 Å². The molecule has 4 aromatic carbocycles. The van der Waals surface area contributed by atoms with Crippen LogP contribution in [0.15, 0.2) is 121 Å². The molecule has 0 saturated carbocycles. The lowest BCUT2D eigenvalue weighted by atomic mass is 10.2. The summed E-state index contributed by atoms with van der Waals surface area (Å²) in [6.07, 6.45) is 2.50. The number of hydrogen-bond acceptors (Lipinski definition) is 2. The minimum Gasteiger partial charge on any atom is -0.295 e. The molecule has 2 heteroatoms. The zero-order chi connectivity index (χ0) is 29.0. The maximum absolute atomic E-state index is 10.6. The maximum Gasteiger partial charge on any atom is 0.159 e. The van der Waals surface area contributed by atoms with Crippen molar-refractivity contribution in [3.63, 3.8) is 0 Å². The van der Waals surface area contributed by atoms with Crippen molar-refractivity contribution in [1.82, 2.24) is 0 Å². The van der Waals surface area contributed by atoms with E-state index in [0.29, 0.717) is 0 Å². The summed E-state index contributed by atoms with van der Waals surface area (Å²) in [5.74, 6) is 0.242. The first-order valence-corrected chi connectivity index (χ1v) is 13.4. The zero-order valence-electron chi connectivity index (χ0n) is 24.8. The number of carbonyl (C=O) groups excluding carboxylic acids is 2. The summed E-state index contributed by atoms with van der Waals surface area (Å²) in [4.78, 5) is 21.3. The molecule has 0 N–H and O–H groups in total. The van der Waals surface area contributed by atoms with Crippen molar-refractivity contribution < 1.29 is 9.59 Å². The second kappa shape index (κ2) is 31.4. The van der Waals surface area contributed by atoms with Crippen LogP contribution in [0.2, 0.25) is 0 Å². The molecule has 0 fully saturated rings. The summed E-state index contributed by atoms with van der Waals surface area (Å²) in [7, 11) is 0. The SMILES string of the molecule is C.C.CC(=O)c1ccccc1.CC(=O)c1ccccc1.CCC.CCC.Cc1ccccc1.Cc1ccccc1. The molecule has 0 saturated heterocycles. The van der Waals surface area contributed by atoms with E-state index in [9.17, 15) is 9.59 Å². The van der Waals surface area contributed by atoms with Crippen molar-refractivity contribution in [3.8, 4) is 0 Å². The van der Waals surface area contributed by atoms with E-state index in [2.05, 4.69) is 65.8 Å². The molecule has 40 heavy (non-hydrogen) atoms. The molecule has 0 radical (unpaired) electrons. The van der Waals surface area contributed by atoms with E-state index in [4.69, 9.17) is 0 Å². The summed E-state index contributed by atoms with van der Waals surface area (Å²) >= 11 is 0. The molecule has 0 bridgehead atoms. The minimum absolute atomic E-state index is 0. The Labute approximate surface area is 247 Å². The van der Waals surface area contributed by atoms with Crippen molar-refractivity contribution in [3.05, 3.63) is 144 Å². The highest BCUT2D eigenvalue weighted by molar-refractivity contribution is 5.94. The van der Waals surface area contributed by atoms with Gasteiger partial charge in [0.2, 0.25) is 0 Å². The Bertz CT molecular complexity index is 953. The predicted molar refractivity (Wildman–Crippen MR) is 181 cm³/mol. The summed E-state index contributed by atoms with van der Waals surface area (Å²) in [6.45, 7) is 15.8. The molecule has 4 aromatic rings. The maximum atomic E-state index is 10.6. The van der Waals surface area contributed by atoms with Crippen LogP contribution in [-0.2, 0) is 0 Å². The predicted octanol–water partition coefficient (Wildman–Crippen LogP) is 11.9. The Morgan fingerprint density at radius 3 is 0.700 bits per heavy atom. The van der Waals surface area contributed by atoms with Crippen molar-refractivity contribution in [2.45, 2.75) is 83.1 Å². The Balaban J connectivity index is -0.000000200. The first-order valence-electron chi connectivity index (χ1n) is 13.4. The van der Waals surface area contributed by atoms with Gasteiger partial charge in [0.05, 0.1) is 0 Å². The Kier molecular flexibility index (Phi) is 34.0. The summed E-state index contributed by atoms with van der Waals surface area (Å²) < 4.78 is 0. The number of hydrogen-bond donors (Lipinski definition) is 0. The van der Waals surface area contributed by atoms with Crippen LogP contribution < -0.4 is 0 Å². The molecule has 0 aliphatic heterocycles. The fourth-order valence-electron chi connectivity index (χ4n) is 2.41. The van der Waals surface area contributed by atoms with Gasteiger partial charge in [-0.25, -0.2) is 0 Å². The summed E-state index contributed by atoms with van der Waals surface area (Å²) in [6, 6.07) is 39.0. The lowest BCUT2D eigenvalue weighted by molar-refractivity contribution is 0.100. The van der Waals surface area contributed by atoms with Crippen LogP contribution in [-0.4, -0.2) is 11.6 Å². The molecule has 0 atom stereocenters. The Morgan fingerprint density at radius 1 is 0.425 bits per heavy atom. The average molecular weight is 545 g/mol. The van der Waals surface area contributed by atoms with Gasteiger partial charge < -0.3 is 0 Å². The fraction of sp³-hybridized carbons (Fsp3) is 0.316. The number of aryl methyl sites for hydroxylation is 2. The van der Waals surface area contributed by atoms with Crippen LogP contribution in [0.5, 0.6) is 0 Å². The zero-order valence-corrected chi connectivity index (χ0v) is 24.8. The first-order chi connectivity index (χ1) is 18.2. The number of carbonyl (C=O) groups is 2. The first kappa shape index (κ1) is 43.3. The molecular weight excluding hydrogens is 488 g/mol. The van der Waals surface area contributed by atoms with E-state index < -0.39 is 0 Å². The molecule has 0 unspecified atom stereocenters. The third kappa shape index (κ3) is 28.8. The third-order valence-electron chi connectivity index (χ3n) is 4.24. The highest BCUT2D eigenvalue weighted by atomic mass is 16.1. The van der Waals surface area contributed by atoms with Gasteiger partial charge in [-0.15, -0.1) is 0 Å². The molecule has 0 spiro atoms. The van der Waals surface area contributed by atoms with Gasteiger partial charge in [0, 0.05) is 11.1 Å². The number of Topliss-reactive ketones (excluding diaryl/α,β-unsaturated/α-hetero) is 2. The van der Waals surface area contributed by atoms with Crippen LogP contribution in [0.25, 0.3) is 0 Å². The van der Waals surface area contributed by atoms with Crippen LogP contribution in [0, 0.1) is 13.8 Å². The van der Waals surface area contributed by atoms with Crippen molar-refractivity contribution >= 4 is 11.6 Å². The van der Waals surface area contributed by atoms with E-state index >= 15 is 0 Å². The molecule has 4 rings (SSSR count). The van der Waals surface area contributed by atoms with E-state index in [0.717, 1.165) is 11.1 Å². The van der Waals surface area contributed by atoms with Gasteiger partial charge >= 0.3 is 0 Å². The van der Waals surface area contributed by atoms with Gasteiger partial charge in [-0.3, -0.25) is 9.59 Å². The van der Waals surface area contributed by atoms with Crippen LogP contribution in [0.1, 0.15) is 101 Å². The van der Waals surface area contributed by atoms with Crippen LogP contribution in [0.4, 0.5) is 0 Å². The number of rotatable bonds is 2. The number of ketones is 2. The third-order valence-corrected chi connectivity index (χ3v) is 4.24. The van der Waals surface area contributed by atoms with Gasteiger partial charge in [-0.1, -0.05) is 188 Å². The van der Waals surface area contributed by atoms with Crippen molar-refractivity contribution in [2.75, 3.05) is 0 Å². The topological polar surface area (TPSA) is 34.1 Å². The number of benzene rings is 4. The summed E-state index contributed by atoms with van der Waals surface area (Å²) in [5.41, 5.74) is 4.19. The molecule has 0 amide bonds. The summed E-state index contributed by atoms with van der Waals surface area (Å²) in [5, 5.41) is 0. The lowest BCUT2D eigenvalue weighted by Gasteiger charge is -1.89. The van der Waals surface area contributed by atoms with E-state index in [1.165, 1.54) is 24.0 Å². The average Bonchev–Trinajstić information content (AvgIpc) is 2.93. The van der Waals surface area contributed by atoms with Gasteiger partial charge in [0.1, 0.15) is 0 Å². The van der Waals surface area contributed by atoms with E-state index in [1.54, 1.807) is 13.8 Å². The minimum atomic E-state index is 0. The molecule has 0 aliphatic carbocycles. The van der Waals surface area contributed by atoms with E-state index in [1.807, 2.05) is 97.1 Å². The molecule has 0 aromatic heterocycles. The quantitative estimate of drug-likeness (QED) is 0.235. The second-order valence-corrected chi connectivity index (χ2v) is 8.57. The van der Waals surface area contributed by atoms with Gasteiger partial charge in [0.25, 0.3) is 0 Å². The monoisotopic (exact) mass is 544 g/mol. The largest absolute Gasteiger partial charge is 0.295 e. The Hall–Kier alpha value is -3.78. The van der Waals surface area contributed by atoms with Crippen LogP contribution in [0.3, 0.4) is 0 Å². The highest BCUT2D eigenvalue weighted by Crippen LogP contribution is 1.98.